The average molecular weight is 420 g/mol. The van der Waals surface area contributed by atoms with Crippen LogP contribution in [0.15, 0.2) is 42.6 Å². The SMILES string of the molecule is COc1c(C)cccc1CN1CCO[C@@H](c2ccc(Nc3nc(C)cc(C)n3)cn2)C1. The molecule has 0 aliphatic carbocycles. The van der Waals surface area contributed by atoms with Crippen molar-refractivity contribution in [2.24, 2.45) is 0 Å². The van der Waals surface area contributed by atoms with Crippen molar-refractivity contribution in [3.05, 3.63) is 70.8 Å². The van der Waals surface area contributed by atoms with Crippen molar-refractivity contribution in [3.63, 3.8) is 0 Å². The first kappa shape index (κ1) is 21.2. The van der Waals surface area contributed by atoms with Crippen LogP contribution in [0.25, 0.3) is 0 Å². The minimum Gasteiger partial charge on any atom is -0.496 e. The molecule has 4 rings (SSSR count). The molecule has 1 saturated heterocycles. The fraction of sp³-hybridized carbons (Fsp3) is 0.375. The van der Waals surface area contributed by atoms with E-state index in [4.69, 9.17) is 9.47 Å². The first-order chi connectivity index (χ1) is 15.0. The van der Waals surface area contributed by atoms with E-state index in [1.54, 1.807) is 7.11 Å². The maximum Gasteiger partial charge on any atom is 0.227 e. The van der Waals surface area contributed by atoms with Crippen molar-refractivity contribution < 1.29 is 9.47 Å². The number of nitrogens with one attached hydrogen (secondary N) is 1. The Balaban J connectivity index is 1.42. The van der Waals surface area contributed by atoms with Gasteiger partial charge in [-0.2, -0.15) is 0 Å². The van der Waals surface area contributed by atoms with E-state index in [1.807, 2.05) is 38.2 Å². The highest BCUT2D eigenvalue weighted by Gasteiger charge is 2.24. The molecule has 7 nitrogen and oxygen atoms in total. The summed E-state index contributed by atoms with van der Waals surface area (Å²) in [4.78, 5) is 15.9. The molecule has 1 N–H and O–H groups in total. The van der Waals surface area contributed by atoms with Crippen LogP contribution in [0.5, 0.6) is 5.75 Å². The molecule has 7 heteroatoms. The van der Waals surface area contributed by atoms with Gasteiger partial charge < -0.3 is 14.8 Å². The van der Waals surface area contributed by atoms with E-state index in [0.717, 1.165) is 53.7 Å². The number of methoxy groups -OCH3 is 1. The molecule has 162 valence electrons. The third-order valence-electron chi connectivity index (χ3n) is 5.40. The van der Waals surface area contributed by atoms with Gasteiger partial charge in [0, 0.05) is 36.6 Å². The summed E-state index contributed by atoms with van der Waals surface area (Å²) >= 11 is 0. The lowest BCUT2D eigenvalue weighted by atomic mass is 10.1. The van der Waals surface area contributed by atoms with Gasteiger partial charge in [0.15, 0.2) is 0 Å². The van der Waals surface area contributed by atoms with Gasteiger partial charge >= 0.3 is 0 Å². The number of aromatic nitrogens is 3. The smallest absolute Gasteiger partial charge is 0.227 e. The fourth-order valence-corrected chi connectivity index (χ4v) is 3.98. The highest BCUT2D eigenvalue weighted by atomic mass is 16.5. The van der Waals surface area contributed by atoms with E-state index in [2.05, 4.69) is 50.3 Å². The van der Waals surface area contributed by atoms with Crippen molar-refractivity contribution in [1.82, 2.24) is 19.9 Å². The Morgan fingerprint density at radius 2 is 1.94 bits per heavy atom. The third-order valence-corrected chi connectivity index (χ3v) is 5.40. The summed E-state index contributed by atoms with van der Waals surface area (Å²) in [6.07, 6.45) is 1.75. The van der Waals surface area contributed by atoms with Gasteiger partial charge in [-0.25, -0.2) is 9.97 Å². The zero-order valence-electron chi connectivity index (χ0n) is 18.6. The van der Waals surface area contributed by atoms with E-state index in [1.165, 1.54) is 5.56 Å². The molecule has 0 saturated carbocycles. The minimum atomic E-state index is -0.0592. The normalized spacial score (nSPS) is 16.8. The maximum atomic E-state index is 6.02. The quantitative estimate of drug-likeness (QED) is 0.644. The number of morpholine rings is 1. The number of hydrogen-bond acceptors (Lipinski definition) is 7. The standard InChI is InChI=1S/C24H29N5O2/c1-16-6-5-7-19(23(16)30-4)14-29-10-11-31-22(15-29)21-9-8-20(13-25-21)28-24-26-17(2)12-18(3)27-24/h5-9,12-13,22H,10-11,14-15H2,1-4H3,(H,26,27,28)/t22-/m1/s1. The number of anilines is 2. The Bertz CT molecular complexity index is 1020. The van der Waals surface area contributed by atoms with Crippen molar-refractivity contribution in [2.75, 3.05) is 32.1 Å². The average Bonchev–Trinajstić information content (AvgIpc) is 2.74. The van der Waals surface area contributed by atoms with Crippen LogP contribution in [-0.2, 0) is 11.3 Å². The molecule has 0 unspecified atom stereocenters. The summed E-state index contributed by atoms with van der Waals surface area (Å²) in [6, 6.07) is 12.2. The predicted octanol–water partition coefficient (Wildman–Crippen LogP) is 4.12. The summed E-state index contributed by atoms with van der Waals surface area (Å²) in [5, 5.41) is 3.23. The summed E-state index contributed by atoms with van der Waals surface area (Å²) in [5.41, 5.74) is 5.99. The number of ether oxygens (including phenoxy) is 2. The number of nitrogens with zero attached hydrogens (tertiary/aromatic N) is 4. The Morgan fingerprint density at radius 3 is 2.65 bits per heavy atom. The number of aryl methyl sites for hydroxylation is 3. The molecule has 31 heavy (non-hydrogen) atoms. The molecule has 1 aliphatic heterocycles. The first-order valence-electron chi connectivity index (χ1n) is 10.5. The lowest BCUT2D eigenvalue weighted by Crippen LogP contribution is -2.38. The minimum absolute atomic E-state index is 0.0592. The predicted molar refractivity (Wildman–Crippen MR) is 121 cm³/mol. The number of para-hydroxylation sites is 1. The Hall–Kier alpha value is -3.03. The molecular weight excluding hydrogens is 390 g/mol. The highest BCUT2D eigenvalue weighted by Crippen LogP contribution is 2.27. The lowest BCUT2D eigenvalue weighted by molar-refractivity contribution is -0.0351. The molecule has 0 radical (unpaired) electrons. The molecule has 1 aliphatic rings. The van der Waals surface area contributed by atoms with Crippen LogP contribution < -0.4 is 10.1 Å². The maximum absolute atomic E-state index is 6.02. The van der Waals surface area contributed by atoms with Gasteiger partial charge in [-0.3, -0.25) is 9.88 Å². The van der Waals surface area contributed by atoms with Gasteiger partial charge in [0.1, 0.15) is 11.9 Å². The van der Waals surface area contributed by atoms with Gasteiger partial charge in [-0.15, -0.1) is 0 Å². The van der Waals surface area contributed by atoms with Crippen molar-refractivity contribution in [1.29, 1.82) is 0 Å². The van der Waals surface area contributed by atoms with E-state index < -0.39 is 0 Å². The monoisotopic (exact) mass is 419 g/mol. The van der Waals surface area contributed by atoms with Crippen LogP contribution >= 0.6 is 0 Å². The van der Waals surface area contributed by atoms with Gasteiger partial charge in [0.2, 0.25) is 5.95 Å². The van der Waals surface area contributed by atoms with Crippen molar-refractivity contribution in [2.45, 2.75) is 33.4 Å². The molecule has 0 bridgehead atoms. The molecule has 1 atom stereocenters. The highest BCUT2D eigenvalue weighted by molar-refractivity contribution is 5.52. The molecule has 3 aromatic rings. The summed E-state index contributed by atoms with van der Waals surface area (Å²) in [5.74, 6) is 1.55. The number of benzene rings is 1. The molecular formula is C24H29N5O2. The molecule has 0 spiro atoms. The van der Waals surface area contributed by atoms with E-state index in [0.29, 0.717) is 12.6 Å². The number of rotatable bonds is 6. The largest absolute Gasteiger partial charge is 0.496 e. The Morgan fingerprint density at radius 1 is 1.13 bits per heavy atom. The van der Waals surface area contributed by atoms with Gasteiger partial charge in [0.25, 0.3) is 0 Å². The summed E-state index contributed by atoms with van der Waals surface area (Å²) in [7, 11) is 1.73. The topological polar surface area (TPSA) is 72.4 Å². The fourth-order valence-electron chi connectivity index (χ4n) is 3.98. The van der Waals surface area contributed by atoms with Gasteiger partial charge in [0.05, 0.1) is 31.3 Å². The first-order valence-corrected chi connectivity index (χ1v) is 10.5. The zero-order chi connectivity index (χ0) is 21.8. The number of pyridine rings is 1. The van der Waals surface area contributed by atoms with Crippen LogP contribution in [0.2, 0.25) is 0 Å². The number of hydrogen-bond donors (Lipinski definition) is 1. The van der Waals surface area contributed by atoms with Crippen LogP contribution in [0, 0.1) is 20.8 Å². The molecule has 1 aromatic carbocycles. The van der Waals surface area contributed by atoms with E-state index >= 15 is 0 Å². The van der Waals surface area contributed by atoms with Crippen LogP contribution in [0.4, 0.5) is 11.6 Å². The van der Waals surface area contributed by atoms with Crippen molar-refractivity contribution >= 4 is 11.6 Å². The molecule has 1 fully saturated rings. The Kier molecular flexibility index (Phi) is 6.44. The molecule has 0 amide bonds. The third kappa shape index (κ3) is 5.18. The molecule has 3 heterocycles. The van der Waals surface area contributed by atoms with Gasteiger partial charge in [-0.05, 0) is 44.5 Å². The van der Waals surface area contributed by atoms with Crippen molar-refractivity contribution in [3.8, 4) is 5.75 Å². The Labute approximate surface area is 183 Å². The lowest BCUT2D eigenvalue weighted by Gasteiger charge is -2.33. The van der Waals surface area contributed by atoms with E-state index in [9.17, 15) is 0 Å². The van der Waals surface area contributed by atoms with E-state index in [-0.39, 0.29) is 6.10 Å². The molecule has 2 aromatic heterocycles. The van der Waals surface area contributed by atoms with Crippen LogP contribution in [0.1, 0.15) is 34.3 Å². The van der Waals surface area contributed by atoms with Crippen LogP contribution in [-0.4, -0.2) is 46.7 Å². The second kappa shape index (κ2) is 9.41. The summed E-state index contributed by atoms with van der Waals surface area (Å²) < 4.78 is 11.6. The zero-order valence-corrected chi connectivity index (χ0v) is 18.6. The van der Waals surface area contributed by atoms with Gasteiger partial charge in [-0.1, -0.05) is 18.2 Å². The van der Waals surface area contributed by atoms with Crippen LogP contribution in [0.3, 0.4) is 0 Å². The summed E-state index contributed by atoms with van der Waals surface area (Å²) in [6.45, 7) is 9.17. The second-order valence-corrected chi connectivity index (χ2v) is 7.93. The second-order valence-electron chi connectivity index (χ2n) is 7.93.